The van der Waals surface area contributed by atoms with Crippen molar-refractivity contribution in [2.24, 2.45) is 12.2 Å². The van der Waals surface area contributed by atoms with Gasteiger partial charge in [0.25, 0.3) is 0 Å². The van der Waals surface area contributed by atoms with E-state index in [4.69, 9.17) is 5.14 Å². The second-order valence-electron chi connectivity index (χ2n) is 7.62. The Kier molecular flexibility index (Phi) is 5.24. The minimum absolute atomic E-state index is 0.122. The molecule has 0 saturated carbocycles. The van der Waals surface area contributed by atoms with E-state index in [9.17, 15) is 8.42 Å². The Morgan fingerprint density at radius 3 is 2.61 bits per heavy atom. The number of primary sulfonamides is 1. The molecule has 9 heteroatoms. The smallest absolute Gasteiger partial charge is 0.238 e. The van der Waals surface area contributed by atoms with Gasteiger partial charge in [-0.3, -0.25) is 4.68 Å². The van der Waals surface area contributed by atoms with Gasteiger partial charge in [-0.2, -0.15) is 5.10 Å². The second-order valence-corrected chi connectivity index (χ2v) is 9.15. The first kappa shape index (κ1) is 21.0. The zero-order valence-corrected chi connectivity index (χ0v) is 18.7. The molecule has 8 nitrogen and oxygen atoms in total. The van der Waals surface area contributed by atoms with Crippen LogP contribution in [0.1, 0.15) is 22.6 Å². The lowest BCUT2D eigenvalue weighted by Crippen LogP contribution is -2.14. The highest BCUT2D eigenvalue weighted by molar-refractivity contribution is 7.89. The topological polar surface area (TPSA) is 107 Å². The van der Waals surface area contributed by atoms with Gasteiger partial charge in [0, 0.05) is 43.5 Å². The summed E-state index contributed by atoms with van der Waals surface area (Å²) >= 11 is 0. The average Bonchev–Trinajstić information content (AvgIpc) is 3.01. The quantitative estimate of drug-likeness (QED) is 0.515. The minimum atomic E-state index is -3.78. The third-order valence-corrected chi connectivity index (χ3v) is 6.51. The van der Waals surface area contributed by atoms with Crippen molar-refractivity contribution < 1.29 is 8.42 Å². The Hall–Kier alpha value is -3.30. The SMILES string of the molecule is Cc1ccc(Cc2nccc(N(C)c3ccc4c(C)n(C)nc4c3)n2)cc1S(N)(=O)=O. The van der Waals surface area contributed by atoms with E-state index >= 15 is 0 Å². The highest BCUT2D eigenvalue weighted by Gasteiger charge is 2.14. The summed E-state index contributed by atoms with van der Waals surface area (Å²) in [5.74, 6) is 1.32. The van der Waals surface area contributed by atoms with Gasteiger partial charge in [-0.05, 0) is 55.3 Å². The maximum atomic E-state index is 11.8. The van der Waals surface area contributed by atoms with Gasteiger partial charge in [-0.15, -0.1) is 0 Å². The molecule has 31 heavy (non-hydrogen) atoms. The van der Waals surface area contributed by atoms with Gasteiger partial charge in [0.05, 0.1) is 10.4 Å². The number of aryl methyl sites for hydroxylation is 3. The van der Waals surface area contributed by atoms with Crippen LogP contribution in [0.15, 0.2) is 53.6 Å². The van der Waals surface area contributed by atoms with E-state index in [-0.39, 0.29) is 4.90 Å². The first-order valence-electron chi connectivity index (χ1n) is 9.75. The lowest BCUT2D eigenvalue weighted by Gasteiger charge is -2.18. The molecule has 0 saturated heterocycles. The van der Waals surface area contributed by atoms with Crippen molar-refractivity contribution in [2.45, 2.75) is 25.2 Å². The predicted octanol–water partition coefficient (Wildman–Crippen LogP) is 2.99. The van der Waals surface area contributed by atoms with Crippen LogP contribution in [0.25, 0.3) is 10.9 Å². The summed E-state index contributed by atoms with van der Waals surface area (Å²) in [4.78, 5) is 11.1. The van der Waals surface area contributed by atoms with E-state index in [1.165, 1.54) is 0 Å². The molecule has 0 spiro atoms. The zero-order valence-electron chi connectivity index (χ0n) is 17.9. The van der Waals surface area contributed by atoms with Crippen molar-refractivity contribution in [1.29, 1.82) is 0 Å². The predicted molar refractivity (Wildman–Crippen MR) is 121 cm³/mol. The maximum Gasteiger partial charge on any atom is 0.238 e. The minimum Gasteiger partial charge on any atom is -0.329 e. The van der Waals surface area contributed by atoms with Gasteiger partial charge in [0.15, 0.2) is 0 Å². The molecule has 0 unspecified atom stereocenters. The van der Waals surface area contributed by atoms with Crippen LogP contribution in [-0.2, 0) is 23.5 Å². The Balaban J connectivity index is 1.63. The second kappa shape index (κ2) is 7.75. The van der Waals surface area contributed by atoms with Crippen LogP contribution >= 0.6 is 0 Å². The molecule has 2 heterocycles. The first-order valence-corrected chi connectivity index (χ1v) is 11.3. The molecule has 160 valence electrons. The van der Waals surface area contributed by atoms with Gasteiger partial charge >= 0.3 is 0 Å². The van der Waals surface area contributed by atoms with E-state index in [2.05, 4.69) is 21.1 Å². The van der Waals surface area contributed by atoms with Crippen molar-refractivity contribution >= 4 is 32.4 Å². The number of nitrogens with zero attached hydrogens (tertiary/aromatic N) is 5. The molecule has 2 aromatic heterocycles. The van der Waals surface area contributed by atoms with Crippen molar-refractivity contribution in [2.75, 3.05) is 11.9 Å². The number of fused-ring (bicyclic) bond motifs is 1. The summed E-state index contributed by atoms with van der Waals surface area (Å²) in [6.45, 7) is 3.76. The van der Waals surface area contributed by atoms with E-state index in [0.29, 0.717) is 17.8 Å². The van der Waals surface area contributed by atoms with Crippen molar-refractivity contribution in [3.63, 3.8) is 0 Å². The summed E-state index contributed by atoms with van der Waals surface area (Å²) in [6, 6.07) is 13.2. The van der Waals surface area contributed by atoms with Crippen molar-refractivity contribution in [3.05, 3.63) is 71.3 Å². The normalized spacial score (nSPS) is 11.8. The van der Waals surface area contributed by atoms with Crippen molar-refractivity contribution in [1.82, 2.24) is 19.7 Å². The Morgan fingerprint density at radius 1 is 1.10 bits per heavy atom. The summed E-state index contributed by atoms with van der Waals surface area (Å²) in [5.41, 5.74) is 4.39. The standard InChI is InChI=1S/C22H24N6O2S/c1-14-5-6-16(11-20(14)31(23,29)30)12-21-24-10-9-22(25-21)27(3)17-7-8-18-15(2)28(4)26-19(18)13-17/h5-11,13H,12H2,1-4H3,(H2,23,29,30). The number of nitrogens with two attached hydrogens (primary N) is 1. The molecule has 4 rings (SSSR count). The van der Waals surface area contributed by atoms with Crippen LogP contribution in [0.3, 0.4) is 0 Å². The van der Waals surface area contributed by atoms with Crippen LogP contribution in [-0.4, -0.2) is 35.2 Å². The van der Waals surface area contributed by atoms with Gasteiger partial charge in [0.1, 0.15) is 11.6 Å². The van der Waals surface area contributed by atoms with Gasteiger partial charge < -0.3 is 4.90 Å². The number of hydrogen-bond donors (Lipinski definition) is 1. The Bertz CT molecular complexity index is 1390. The van der Waals surface area contributed by atoms with Crippen LogP contribution in [0, 0.1) is 13.8 Å². The molecule has 4 aromatic rings. The fourth-order valence-corrected chi connectivity index (χ4v) is 4.40. The number of rotatable bonds is 5. The molecular weight excluding hydrogens is 412 g/mol. The molecule has 2 N–H and O–H groups in total. The lowest BCUT2D eigenvalue weighted by molar-refractivity contribution is 0.597. The maximum absolute atomic E-state index is 11.8. The molecule has 0 bridgehead atoms. The first-order chi connectivity index (χ1) is 14.6. The van der Waals surface area contributed by atoms with E-state index in [1.54, 1.807) is 25.3 Å². The highest BCUT2D eigenvalue weighted by atomic mass is 32.2. The molecule has 2 aromatic carbocycles. The van der Waals surface area contributed by atoms with Crippen LogP contribution in [0.2, 0.25) is 0 Å². The third kappa shape index (κ3) is 4.14. The molecule has 0 aliphatic rings. The molecule has 0 aliphatic heterocycles. The molecule has 0 atom stereocenters. The van der Waals surface area contributed by atoms with E-state index in [0.717, 1.165) is 33.7 Å². The fourth-order valence-electron chi connectivity index (χ4n) is 3.56. The van der Waals surface area contributed by atoms with E-state index in [1.807, 2.05) is 54.9 Å². The number of benzene rings is 2. The monoisotopic (exact) mass is 436 g/mol. The number of anilines is 2. The van der Waals surface area contributed by atoms with Gasteiger partial charge in [-0.1, -0.05) is 12.1 Å². The van der Waals surface area contributed by atoms with Crippen LogP contribution < -0.4 is 10.0 Å². The van der Waals surface area contributed by atoms with E-state index < -0.39 is 10.0 Å². The summed E-state index contributed by atoms with van der Waals surface area (Å²) in [5, 5.41) is 11.0. The largest absolute Gasteiger partial charge is 0.329 e. The third-order valence-electron chi connectivity index (χ3n) is 5.46. The van der Waals surface area contributed by atoms with Gasteiger partial charge in [0.2, 0.25) is 10.0 Å². The van der Waals surface area contributed by atoms with Crippen molar-refractivity contribution in [3.8, 4) is 0 Å². The van der Waals surface area contributed by atoms with Crippen LogP contribution in [0.5, 0.6) is 0 Å². The number of hydrogen-bond acceptors (Lipinski definition) is 6. The lowest BCUT2D eigenvalue weighted by atomic mass is 10.1. The van der Waals surface area contributed by atoms with Gasteiger partial charge in [-0.25, -0.2) is 23.5 Å². The Morgan fingerprint density at radius 2 is 1.87 bits per heavy atom. The molecule has 0 fully saturated rings. The molecule has 0 amide bonds. The Labute approximate surface area is 181 Å². The number of sulfonamides is 1. The molecule has 0 radical (unpaired) electrons. The van der Waals surface area contributed by atoms with Crippen LogP contribution in [0.4, 0.5) is 11.5 Å². The fraction of sp³-hybridized carbons (Fsp3) is 0.227. The summed E-state index contributed by atoms with van der Waals surface area (Å²) in [6.07, 6.45) is 2.09. The highest BCUT2D eigenvalue weighted by Crippen LogP contribution is 2.27. The molecular formula is C22H24N6O2S. The average molecular weight is 437 g/mol. The summed E-state index contributed by atoms with van der Waals surface area (Å²) in [7, 11) is 0.0889. The molecule has 0 aliphatic carbocycles. The summed E-state index contributed by atoms with van der Waals surface area (Å²) < 4.78 is 25.5. The zero-order chi connectivity index (χ0) is 22.3. The number of aromatic nitrogens is 4.